The van der Waals surface area contributed by atoms with Gasteiger partial charge in [-0.3, -0.25) is 0 Å². The number of benzene rings is 1. The van der Waals surface area contributed by atoms with Crippen LogP contribution in [-0.2, 0) is 0 Å². The van der Waals surface area contributed by atoms with E-state index in [1.54, 1.807) is 6.07 Å². The maximum Gasteiger partial charge on any atom is 0.124 e. The van der Waals surface area contributed by atoms with E-state index in [0.29, 0.717) is 10.4 Å². The van der Waals surface area contributed by atoms with E-state index in [-0.39, 0.29) is 11.9 Å². The van der Waals surface area contributed by atoms with Crippen LogP contribution in [0.25, 0.3) is 0 Å². The Balaban J connectivity index is 1.93. The molecule has 1 heterocycles. The molecule has 0 saturated carbocycles. The number of halogens is 2. The highest BCUT2D eigenvalue weighted by Crippen LogP contribution is 2.31. The molecule has 112 valence electrons. The van der Waals surface area contributed by atoms with Crippen molar-refractivity contribution in [2.75, 3.05) is 26.7 Å². The van der Waals surface area contributed by atoms with E-state index in [2.05, 4.69) is 31.1 Å². The summed E-state index contributed by atoms with van der Waals surface area (Å²) in [4.78, 5) is 2.38. The van der Waals surface area contributed by atoms with Crippen LogP contribution >= 0.6 is 11.6 Å². The molecule has 0 spiro atoms. The van der Waals surface area contributed by atoms with E-state index in [1.807, 2.05) is 0 Å². The van der Waals surface area contributed by atoms with E-state index in [0.717, 1.165) is 25.2 Å². The molecular weight excluding hydrogens is 275 g/mol. The fourth-order valence-corrected chi connectivity index (χ4v) is 3.03. The second kappa shape index (κ2) is 6.42. The molecule has 1 aromatic rings. The summed E-state index contributed by atoms with van der Waals surface area (Å²) in [6.07, 6.45) is 2.42. The van der Waals surface area contributed by atoms with E-state index < -0.39 is 0 Å². The van der Waals surface area contributed by atoms with Crippen LogP contribution in [0.3, 0.4) is 0 Å². The van der Waals surface area contributed by atoms with Crippen LogP contribution in [-0.4, -0.2) is 31.6 Å². The first-order chi connectivity index (χ1) is 9.39. The Morgan fingerprint density at radius 2 is 2.05 bits per heavy atom. The Morgan fingerprint density at radius 3 is 2.65 bits per heavy atom. The number of piperidine rings is 1. The maximum atomic E-state index is 13.1. The summed E-state index contributed by atoms with van der Waals surface area (Å²) in [6, 6.07) is 4.76. The SMILES string of the molecule is CC(NCC1(C)CCN(C)CC1)c1ccc(F)cc1Cl. The molecular formula is C16H24ClFN2. The Bertz CT molecular complexity index is 456. The number of rotatable bonds is 4. The molecule has 4 heteroatoms. The van der Waals surface area contributed by atoms with Crippen molar-refractivity contribution in [3.63, 3.8) is 0 Å². The normalized spacial score (nSPS) is 20.9. The molecule has 1 saturated heterocycles. The fourth-order valence-electron chi connectivity index (χ4n) is 2.70. The van der Waals surface area contributed by atoms with E-state index >= 15 is 0 Å². The molecule has 1 aliphatic rings. The molecule has 1 atom stereocenters. The minimum Gasteiger partial charge on any atom is -0.310 e. The van der Waals surface area contributed by atoms with Crippen LogP contribution in [0.5, 0.6) is 0 Å². The highest BCUT2D eigenvalue weighted by atomic mass is 35.5. The van der Waals surface area contributed by atoms with Gasteiger partial charge in [0.05, 0.1) is 0 Å². The van der Waals surface area contributed by atoms with Crippen LogP contribution < -0.4 is 5.32 Å². The van der Waals surface area contributed by atoms with Gasteiger partial charge < -0.3 is 10.2 Å². The Kier molecular flexibility index (Phi) is 5.05. The zero-order chi connectivity index (χ0) is 14.8. The van der Waals surface area contributed by atoms with Crippen molar-refractivity contribution in [1.29, 1.82) is 0 Å². The predicted octanol–water partition coefficient (Wildman–Crippen LogP) is 3.86. The smallest absolute Gasteiger partial charge is 0.124 e. The fraction of sp³-hybridized carbons (Fsp3) is 0.625. The monoisotopic (exact) mass is 298 g/mol. The van der Waals surface area contributed by atoms with Crippen LogP contribution in [0, 0.1) is 11.2 Å². The van der Waals surface area contributed by atoms with Gasteiger partial charge in [0.2, 0.25) is 0 Å². The van der Waals surface area contributed by atoms with Crippen LogP contribution in [0.2, 0.25) is 5.02 Å². The summed E-state index contributed by atoms with van der Waals surface area (Å²) in [5, 5.41) is 4.06. The molecule has 1 fully saturated rings. The van der Waals surface area contributed by atoms with Gasteiger partial charge in [0.1, 0.15) is 5.82 Å². The Morgan fingerprint density at radius 1 is 1.40 bits per heavy atom. The molecule has 1 aromatic carbocycles. The molecule has 0 aromatic heterocycles. The highest BCUT2D eigenvalue weighted by Gasteiger charge is 2.29. The van der Waals surface area contributed by atoms with Crippen molar-refractivity contribution in [1.82, 2.24) is 10.2 Å². The van der Waals surface area contributed by atoms with Crippen molar-refractivity contribution in [2.45, 2.75) is 32.7 Å². The third-order valence-corrected chi connectivity index (χ3v) is 4.79. The number of hydrogen-bond donors (Lipinski definition) is 1. The summed E-state index contributed by atoms with van der Waals surface area (Å²) >= 11 is 6.11. The largest absolute Gasteiger partial charge is 0.310 e. The van der Waals surface area contributed by atoms with Gasteiger partial charge in [-0.05, 0) is 63.0 Å². The summed E-state index contributed by atoms with van der Waals surface area (Å²) in [6.45, 7) is 7.70. The van der Waals surface area contributed by atoms with E-state index in [9.17, 15) is 4.39 Å². The van der Waals surface area contributed by atoms with Crippen molar-refractivity contribution in [2.24, 2.45) is 5.41 Å². The van der Waals surface area contributed by atoms with Crippen molar-refractivity contribution in [3.05, 3.63) is 34.6 Å². The lowest BCUT2D eigenvalue weighted by Gasteiger charge is -2.38. The van der Waals surface area contributed by atoms with Crippen molar-refractivity contribution in [3.8, 4) is 0 Å². The standard InChI is InChI=1S/C16H24ClFN2/c1-12(14-5-4-13(18)10-15(14)17)19-11-16(2)6-8-20(3)9-7-16/h4-5,10,12,19H,6-9,11H2,1-3H3. The molecule has 1 N–H and O–H groups in total. The maximum absolute atomic E-state index is 13.1. The molecule has 20 heavy (non-hydrogen) atoms. The van der Waals surface area contributed by atoms with Crippen LogP contribution in [0.4, 0.5) is 4.39 Å². The van der Waals surface area contributed by atoms with Crippen LogP contribution in [0.15, 0.2) is 18.2 Å². The highest BCUT2D eigenvalue weighted by molar-refractivity contribution is 6.31. The number of likely N-dealkylation sites (tertiary alicyclic amines) is 1. The predicted molar refractivity (Wildman–Crippen MR) is 82.7 cm³/mol. The summed E-state index contributed by atoms with van der Waals surface area (Å²) in [7, 11) is 2.17. The van der Waals surface area contributed by atoms with Crippen molar-refractivity contribution < 1.29 is 4.39 Å². The third kappa shape index (κ3) is 3.94. The zero-order valence-electron chi connectivity index (χ0n) is 12.5. The minimum absolute atomic E-state index is 0.139. The molecule has 0 aliphatic carbocycles. The first-order valence-electron chi connectivity index (χ1n) is 7.26. The van der Waals surface area contributed by atoms with Crippen molar-refractivity contribution >= 4 is 11.6 Å². The second-order valence-electron chi connectivity index (χ2n) is 6.38. The molecule has 1 unspecified atom stereocenters. The summed E-state index contributed by atoms with van der Waals surface area (Å²) in [5.41, 5.74) is 1.30. The van der Waals surface area contributed by atoms with E-state index in [4.69, 9.17) is 11.6 Å². The summed E-state index contributed by atoms with van der Waals surface area (Å²) in [5.74, 6) is -0.284. The van der Waals surface area contributed by atoms with Gasteiger partial charge in [-0.2, -0.15) is 0 Å². The average molecular weight is 299 g/mol. The van der Waals surface area contributed by atoms with Gasteiger partial charge in [-0.15, -0.1) is 0 Å². The van der Waals surface area contributed by atoms with E-state index in [1.165, 1.54) is 25.0 Å². The van der Waals surface area contributed by atoms with Crippen LogP contribution in [0.1, 0.15) is 38.3 Å². The Hall–Kier alpha value is -0.640. The molecule has 2 rings (SSSR count). The number of nitrogens with zero attached hydrogens (tertiary/aromatic N) is 1. The van der Waals surface area contributed by atoms with Gasteiger partial charge in [0.15, 0.2) is 0 Å². The summed E-state index contributed by atoms with van der Waals surface area (Å²) < 4.78 is 13.1. The third-order valence-electron chi connectivity index (χ3n) is 4.46. The number of hydrogen-bond acceptors (Lipinski definition) is 2. The molecule has 1 aliphatic heterocycles. The van der Waals surface area contributed by atoms with Gasteiger partial charge in [-0.1, -0.05) is 24.6 Å². The lowest BCUT2D eigenvalue weighted by Crippen LogP contribution is -2.42. The number of nitrogens with one attached hydrogen (secondary N) is 1. The van der Waals surface area contributed by atoms with Gasteiger partial charge in [-0.25, -0.2) is 4.39 Å². The minimum atomic E-state index is -0.284. The van der Waals surface area contributed by atoms with Gasteiger partial charge in [0, 0.05) is 17.6 Å². The lowest BCUT2D eigenvalue weighted by atomic mass is 9.80. The van der Waals surface area contributed by atoms with Gasteiger partial charge >= 0.3 is 0 Å². The first-order valence-corrected chi connectivity index (χ1v) is 7.64. The Labute approximate surface area is 126 Å². The lowest BCUT2D eigenvalue weighted by molar-refractivity contribution is 0.134. The molecule has 0 bridgehead atoms. The van der Waals surface area contributed by atoms with Gasteiger partial charge in [0.25, 0.3) is 0 Å². The first kappa shape index (κ1) is 15.7. The zero-order valence-corrected chi connectivity index (χ0v) is 13.3. The molecule has 2 nitrogen and oxygen atoms in total. The topological polar surface area (TPSA) is 15.3 Å². The average Bonchev–Trinajstić information content (AvgIpc) is 2.40. The molecule has 0 radical (unpaired) electrons. The molecule has 0 amide bonds. The quantitative estimate of drug-likeness (QED) is 0.908. The second-order valence-corrected chi connectivity index (χ2v) is 6.79.